The molecule has 0 aliphatic carbocycles. The summed E-state index contributed by atoms with van der Waals surface area (Å²) in [6, 6.07) is 19.6. The van der Waals surface area contributed by atoms with E-state index in [1.54, 1.807) is 7.11 Å². The normalized spacial score (nSPS) is 10.8. The lowest BCUT2D eigenvalue weighted by Gasteiger charge is -2.10. The van der Waals surface area contributed by atoms with Gasteiger partial charge in [0.15, 0.2) is 0 Å². The number of rotatable bonds is 6. The Morgan fingerprint density at radius 2 is 1.93 bits per heavy atom. The summed E-state index contributed by atoms with van der Waals surface area (Å²) in [4.78, 5) is 12.3. The molecule has 0 fully saturated rings. The highest BCUT2D eigenvalue weighted by atomic mass is 32.2. The van der Waals surface area contributed by atoms with Crippen molar-refractivity contribution >= 4 is 34.1 Å². The number of fused-ring (bicyclic) bond motifs is 1. The molecule has 7 heteroatoms. The van der Waals surface area contributed by atoms with Crippen LogP contribution < -0.4 is 10.1 Å². The van der Waals surface area contributed by atoms with E-state index in [0.717, 1.165) is 21.9 Å². The van der Waals surface area contributed by atoms with Gasteiger partial charge in [-0.2, -0.15) is 0 Å². The average Bonchev–Trinajstić information content (AvgIpc) is 3.21. The van der Waals surface area contributed by atoms with Crippen LogP contribution >= 0.6 is 11.8 Å². The Bertz CT molecular complexity index is 1170. The third-order valence-electron chi connectivity index (χ3n) is 4.38. The Kier molecular flexibility index (Phi) is 5.48. The molecule has 1 aromatic heterocycles. The number of carbonyl (C=O) groups is 1. The maximum absolute atomic E-state index is 12.3. The van der Waals surface area contributed by atoms with Gasteiger partial charge in [-0.1, -0.05) is 54.2 Å². The number of nitrogens with zero attached hydrogens (tertiary/aromatic N) is 2. The van der Waals surface area contributed by atoms with Gasteiger partial charge >= 0.3 is 0 Å². The van der Waals surface area contributed by atoms with Crippen molar-refractivity contribution < 1.29 is 13.9 Å². The maximum atomic E-state index is 12.3. The van der Waals surface area contributed by atoms with Crippen LogP contribution in [0.5, 0.6) is 5.75 Å². The molecule has 4 rings (SSSR count). The summed E-state index contributed by atoms with van der Waals surface area (Å²) in [6.07, 6.45) is 0. The monoisotopic (exact) mass is 405 g/mol. The molecule has 4 aromatic rings. The number of aromatic nitrogens is 2. The van der Waals surface area contributed by atoms with Gasteiger partial charge in [0, 0.05) is 5.56 Å². The lowest BCUT2D eigenvalue weighted by molar-refractivity contribution is -0.113. The fourth-order valence-electron chi connectivity index (χ4n) is 3.02. The highest BCUT2D eigenvalue weighted by Gasteiger charge is 2.14. The summed E-state index contributed by atoms with van der Waals surface area (Å²) in [5.41, 5.74) is 2.54. The zero-order valence-electron chi connectivity index (χ0n) is 16.0. The minimum Gasteiger partial charge on any atom is -0.495 e. The molecule has 29 heavy (non-hydrogen) atoms. The van der Waals surface area contributed by atoms with Crippen molar-refractivity contribution in [3.63, 3.8) is 0 Å². The van der Waals surface area contributed by atoms with E-state index in [4.69, 9.17) is 9.15 Å². The molecule has 3 aromatic carbocycles. The first-order chi connectivity index (χ1) is 14.1. The quantitative estimate of drug-likeness (QED) is 0.458. The third-order valence-corrected chi connectivity index (χ3v) is 5.20. The molecule has 0 saturated heterocycles. The Balaban J connectivity index is 1.45. The molecule has 0 saturated carbocycles. The van der Waals surface area contributed by atoms with Gasteiger partial charge in [-0.3, -0.25) is 4.79 Å². The molecule has 0 radical (unpaired) electrons. The number of methoxy groups -OCH3 is 1. The van der Waals surface area contributed by atoms with E-state index in [2.05, 4.69) is 15.5 Å². The maximum Gasteiger partial charge on any atom is 0.277 e. The highest BCUT2D eigenvalue weighted by molar-refractivity contribution is 7.99. The second-order valence-corrected chi connectivity index (χ2v) is 7.37. The van der Waals surface area contributed by atoms with E-state index in [9.17, 15) is 4.79 Å². The largest absolute Gasteiger partial charge is 0.495 e. The Morgan fingerprint density at radius 3 is 2.79 bits per heavy atom. The van der Waals surface area contributed by atoms with Crippen LogP contribution in [0.2, 0.25) is 0 Å². The zero-order chi connectivity index (χ0) is 20.2. The first-order valence-electron chi connectivity index (χ1n) is 9.03. The second kappa shape index (κ2) is 8.36. The number of benzene rings is 3. The first kappa shape index (κ1) is 19.0. The van der Waals surface area contributed by atoms with Crippen LogP contribution in [-0.2, 0) is 4.79 Å². The number of hydrogen-bond acceptors (Lipinski definition) is 6. The fraction of sp³-hybridized carbons (Fsp3) is 0.136. The van der Waals surface area contributed by atoms with Crippen LogP contribution in [0.3, 0.4) is 0 Å². The predicted octanol–water partition coefficient (Wildman–Crippen LogP) is 4.94. The predicted molar refractivity (Wildman–Crippen MR) is 114 cm³/mol. The molecular weight excluding hydrogens is 386 g/mol. The van der Waals surface area contributed by atoms with Crippen LogP contribution in [0.4, 0.5) is 5.69 Å². The van der Waals surface area contributed by atoms with Gasteiger partial charge in [0.1, 0.15) is 5.75 Å². The number of nitrogens with one attached hydrogen (secondary N) is 1. The summed E-state index contributed by atoms with van der Waals surface area (Å²) in [6.45, 7) is 1.96. The molecule has 0 spiro atoms. The topological polar surface area (TPSA) is 77.2 Å². The van der Waals surface area contributed by atoms with E-state index < -0.39 is 0 Å². The molecule has 1 N–H and O–H groups in total. The fourth-order valence-corrected chi connectivity index (χ4v) is 3.59. The number of anilines is 1. The first-order valence-corrected chi connectivity index (χ1v) is 10.0. The number of amides is 1. The summed E-state index contributed by atoms with van der Waals surface area (Å²) in [5, 5.41) is 13.6. The van der Waals surface area contributed by atoms with Gasteiger partial charge in [-0.05, 0) is 41.5 Å². The smallest absolute Gasteiger partial charge is 0.277 e. The minimum atomic E-state index is -0.177. The van der Waals surface area contributed by atoms with Gasteiger partial charge in [0.05, 0.1) is 18.6 Å². The lowest BCUT2D eigenvalue weighted by atomic mass is 10.0. The molecule has 6 nitrogen and oxygen atoms in total. The van der Waals surface area contributed by atoms with Crippen LogP contribution in [0.15, 0.2) is 70.3 Å². The standard InChI is InChI=1S/C22H19N3O3S/c1-14-10-11-19(27-2)18(12-14)23-20(26)13-29-22-25-24-21(28-22)17-9-5-7-15-6-3-4-8-16(15)17/h3-12H,13H2,1-2H3,(H,23,26). The Hall–Kier alpha value is -3.32. The summed E-state index contributed by atoms with van der Waals surface area (Å²) >= 11 is 1.19. The van der Waals surface area contributed by atoms with Crippen molar-refractivity contribution in [1.29, 1.82) is 0 Å². The number of aryl methyl sites for hydroxylation is 1. The van der Waals surface area contributed by atoms with Gasteiger partial charge < -0.3 is 14.5 Å². The molecule has 0 bridgehead atoms. The summed E-state index contributed by atoms with van der Waals surface area (Å²) < 4.78 is 11.1. The second-order valence-electron chi connectivity index (χ2n) is 6.44. The van der Waals surface area contributed by atoms with Crippen molar-refractivity contribution in [2.75, 3.05) is 18.2 Å². The number of hydrogen-bond donors (Lipinski definition) is 1. The number of thioether (sulfide) groups is 1. The summed E-state index contributed by atoms with van der Waals surface area (Å²) in [5.74, 6) is 1.02. The van der Waals surface area contributed by atoms with Crippen molar-refractivity contribution in [3.8, 4) is 17.2 Å². The molecule has 0 aliphatic heterocycles. The van der Waals surface area contributed by atoms with E-state index in [-0.39, 0.29) is 11.7 Å². The minimum absolute atomic E-state index is 0.147. The van der Waals surface area contributed by atoms with Crippen molar-refractivity contribution in [1.82, 2.24) is 10.2 Å². The number of ether oxygens (including phenoxy) is 1. The Morgan fingerprint density at radius 1 is 1.10 bits per heavy atom. The van der Waals surface area contributed by atoms with Crippen molar-refractivity contribution in [2.24, 2.45) is 0 Å². The van der Waals surface area contributed by atoms with E-state index >= 15 is 0 Å². The van der Waals surface area contributed by atoms with Crippen LogP contribution in [0.25, 0.3) is 22.2 Å². The molecule has 1 heterocycles. The molecule has 0 unspecified atom stereocenters. The molecule has 0 atom stereocenters. The lowest BCUT2D eigenvalue weighted by Crippen LogP contribution is -2.14. The zero-order valence-corrected chi connectivity index (χ0v) is 16.8. The third kappa shape index (κ3) is 4.25. The van der Waals surface area contributed by atoms with Crippen molar-refractivity contribution in [3.05, 3.63) is 66.2 Å². The molecule has 1 amide bonds. The van der Waals surface area contributed by atoms with E-state index in [1.807, 2.05) is 67.6 Å². The van der Waals surface area contributed by atoms with Crippen molar-refractivity contribution in [2.45, 2.75) is 12.1 Å². The molecular formula is C22H19N3O3S. The summed E-state index contributed by atoms with van der Waals surface area (Å²) in [7, 11) is 1.57. The average molecular weight is 405 g/mol. The van der Waals surface area contributed by atoms with Crippen LogP contribution in [-0.4, -0.2) is 29.0 Å². The van der Waals surface area contributed by atoms with Crippen LogP contribution in [0.1, 0.15) is 5.56 Å². The van der Waals surface area contributed by atoms with E-state index in [0.29, 0.717) is 22.6 Å². The highest BCUT2D eigenvalue weighted by Crippen LogP contribution is 2.30. The van der Waals surface area contributed by atoms with Gasteiger partial charge in [-0.25, -0.2) is 0 Å². The SMILES string of the molecule is COc1ccc(C)cc1NC(=O)CSc1nnc(-c2cccc3ccccc23)o1. The van der Waals surface area contributed by atoms with Gasteiger partial charge in [-0.15, -0.1) is 10.2 Å². The van der Waals surface area contributed by atoms with E-state index in [1.165, 1.54) is 11.8 Å². The number of carbonyl (C=O) groups excluding carboxylic acids is 1. The van der Waals surface area contributed by atoms with Gasteiger partial charge in [0.25, 0.3) is 5.22 Å². The molecule has 0 aliphatic rings. The Labute approximate surface area is 172 Å². The van der Waals surface area contributed by atoms with Crippen LogP contribution in [0, 0.1) is 6.92 Å². The molecule has 146 valence electrons. The van der Waals surface area contributed by atoms with Gasteiger partial charge in [0.2, 0.25) is 11.8 Å².